The summed E-state index contributed by atoms with van der Waals surface area (Å²) in [6.45, 7) is 4.43. The first-order valence-electron chi connectivity index (χ1n) is 10.5. The van der Waals surface area contributed by atoms with Crippen LogP contribution < -0.4 is 30.2 Å². The van der Waals surface area contributed by atoms with E-state index in [0.717, 1.165) is 26.2 Å². The maximum absolute atomic E-state index is 3.50. The average molecular weight is 607 g/mol. The van der Waals surface area contributed by atoms with Crippen molar-refractivity contribution in [2.45, 2.75) is 20.8 Å². The predicted octanol–water partition coefficient (Wildman–Crippen LogP) is 3.97. The minimum absolute atomic E-state index is 0. The number of hydrogen-bond acceptors (Lipinski definition) is 8. The second kappa shape index (κ2) is 14.4. The molecule has 0 aliphatic carbocycles. The molecule has 0 bridgehead atoms. The minimum atomic E-state index is 0. The van der Waals surface area contributed by atoms with Crippen LogP contribution in [0.25, 0.3) is 0 Å². The molecule has 4 N–H and O–H groups in total. The number of benzene rings is 2. The van der Waals surface area contributed by atoms with Crippen molar-refractivity contribution in [3.8, 4) is 0 Å². The molecule has 4 aliphatic heterocycles. The summed E-state index contributed by atoms with van der Waals surface area (Å²) in [5, 5.41) is 7.00. The van der Waals surface area contributed by atoms with Gasteiger partial charge in [-0.1, -0.05) is 35.7 Å². The number of fused-ring (bicyclic) bond motifs is 6. The summed E-state index contributed by atoms with van der Waals surface area (Å²) in [7, 11) is 8.43. The molecular weight excluding hydrogens is 570 g/mol. The highest BCUT2D eigenvalue weighted by Gasteiger charge is 2.36. The fraction of sp³-hybridized carbons (Fsp3) is 0.455. The van der Waals surface area contributed by atoms with Gasteiger partial charge in [0.25, 0.3) is 0 Å². The topological polar surface area (TPSA) is 68.5 Å². The molecule has 0 radical (unpaired) electrons. The van der Waals surface area contributed by atoms with Gasteiger partial charge in [0.1, 0.15) is 11.0 Å². The highest BCUT2D eigenvalue weighted by atomic mass is 35.5. The molecule has 6 rings (SSSR count). The number of rotatable bonds is 2. The lowest BCUT2D eigenvalue weighted by molar-refractivity contribution is 0.809. The van der Waals surface area contributed by atoms with Gasteiger partial charge in [-0.15, -0.1) is 49.6 Å². The first-order valence-corrected chi connectivity index (χ1v) is 12.2. The zero-order valence-electron chi connectivity index (χ0n) is 20.2. The molecule has 200 valence electrons. The number of nitrogens with one attached hydrogen (secondary N) is 2. The van der Waals surface area contributed by atoms with Gasteiger partial charge >= 0.3 is 0 Å². The lowest BCUT2D eigenvalue weighted by Crippen LogP contribution is -2.29. The van der Waals surface area contributed by atoms with E-state index >= 15 is 0 Å². The van der Waals surface area contributed by atoms with E-state index in [1.54, 1.807) is 0 Å². The molecule has 2 aromatic carbocycles. The molecule has 2 saturated heterocycles. The Balaban J connectivity index is 0.000000578. The highest BCUT2D eigenvalue weighted by Crippen LogP contribution is 2.49. The van der Waals surface area contributed by atoms with Gasteiger partial charge in [0, 0.05) is 64.2 Å². The largest absolute Gasteiger partial charge is 0.412 e. The van der Waals surface area contributed by atoms with E-state index in [2.05, 4.69) is 94.8 Å². The first kappa shape index (κ1) is 34.4. The van der Waals surface area contributed by atoms with Crippen molar-refractivity contribution >= 4 is 95.9 Å². The van der Waals surface area contributed by atoms with Crippen LogP contribution in [0.4, 0.5) is 22.7 Å². The lowest BCUT2D eigenvalue weighted by atomic mass is 10.2. The van der Waals surface area contributed by atoms with Gasteiger partial charge in [-0.2, -0.15) is 0 Å². The fourth-order valence-corrected chi connectivity index (χ4v) is 7.03. The van der Waals surface area contributed by atoms with E-state index in [-0.39, 0.29) is 55.1 Å². The van der Waals surface area contributed by atoms with E-state index in [0.29, 0.717) is 11.0 Å². The van der Waals surface area contributed by atoms with Gasteiger partial charge in [0.05, 0.1) is 22.7 Å². The number of thioether (sulfide) groups is 2. The Hall–Kier alpha value is -0.620. The number of anilines is 4. The normalized spacial score (nSPS) is 19.5. The summed E-state index contributed by atoms with van der Waals surface area (Å²) in [5.41, 5.74) is 6.38. The van der Waals surface area contributed by atoms with Crippen molar-refractivity contribution in [1.29, 1.82) is 0 Å². The predicted molar refractivity (Wildman–Crippen MR) is 164 cm³/mol. The Morgan fingerprint density at radius 1 is 0.686 bits per heavy atom. The summed E-state index contributed by atoms with van der Waals surface area (Å²) in [6.07, 6.45) is 0. The van der Waals surface area contributed by atoms with Gasteiger partial charge in [-0.25, -0.2) is 0 Å². The number of hydrogen-bond donors (Lipinski definition) is 2. The lowest BCUT2D eigenvalue weighted by Gasteiger charge is -2.23. The van der Waals surface area contributed by atoms with Gasteiger partial charge < -0.3 is 25.1 Å². The third kappa shape index (κ3) is 6.45. The van der Waals surface area contributed by atoms with Crippen LogP contribution in [-0.4, -0.2) is 70.8 Å². The van der Waals surface area contributed by atoms with Crippen LogP contribution in [0.2, 0.25) is 0 Å². The zero-order chi connectivity index (χ0) is 20.8. The maximum Gasteiger partial charge on any atom is 0.133 e. The third-order valence-electron chi connectivity index (χ3n) is 5.88. The molecule has 2 unspecified atom stereocenters. The third-order valence-corrected chi connectivity index (χ3v) is 8.34. The molecule has 2 fully saturated rings. The van der Waals surface area contributed by atoms with Gasteiger partial charge in [-0.05, 0) is 24.3 Å². The van der Waals surface area contributed by atoms with Crippen LogP contribution in [0.1, 0.15) is 0 Å². The highest BCUT2D eigenvalue weighted by molar-refractivity contribution is 8.00. The Morgan fingerprint density at radius 3 is 1.40 bits per heavy atom. The molecule has 0 amide bonds. The Labute approximate surface area is 242 Å². The molecule has 4 aliphatic rings. The minimum Gasteiger partial charge on any atom is -0.412 e. The van der Waals surface area contributed by atoms with Crippen molar-refractivity contribution in [2.75, 3.05) is 74.0 Å². The molecule has 0 saturated carbocycles. The van der Waals surface area contributed by atoms with Crippen LogP contribution in [0.15, 0.2) is 46.2 Å². The van der Waals surface area contributed by atoms with Crippen LogP contribution >= 0.6 is 73.2 Å². The Kier molecular flexibility index (Phi) is 14.1. The second-order valence-electron chi connectivity index (χ2n) is 8.27. The molecule has 13 heteroatoms. The van der Waals surface area contributed by atoms with E-state index in [1.165, 1.54) is 32.5 Å². The quantitative estimate of drug-likeness (QED) is 0.533. The van der Waals surface area contributed by atoms with Crippen molar-refractivity contribution < 1.29 is 5.48 Å². The molecule has 7 nitrogen and oxygen atoms in total. The van der Waals surface area contributed by atoms with E-state index in [9.17, 15) is 0 Å². The molecule has 4 heterocycles. The zero-order valence-corrected chi connectivity index (χ0v) is 25.1. The van der Waals surface area contributed by atoms with Crippen molar-refractivity contribution in [2.24, 2.45) is 0 Å². The molecule has 0 spiro atoms. The number of nitrogens with zero attached hydrogens (tertiary/aromatic N) is 4. The Bertz CT molecular complexity index is 883. The standard InChI is InChI=1S/2C11H15N3S.4ClH.H2O/c2*1-13(2)8-4-3-5-9-10(8)14-7-6-12-11(14)15-9;;;;;/h2*3-5,11-12H,6-7H2,1-2H3;4*1H;1H2. The molecule has 35 heavy (non-hydrogen) atoms. The smallest absolute Gasteiger partial charge is 0.133 e. The molecule has 2 atom stereocenters. The van der Waals surface area contributed by atoms with E-state index in [1.807, 2.05) is 23.5 Å². The summed E-state index contributed by atoms with van der Waals surface area (Å²) < 4.78 is 0. The number of halogens is 4. The van der Waals surface area contributed by atoms with Gasteiger partial charge in [0.2, 0.25) is 0 Å². The number of para-hydroxylation sites is 2. The fourth-order valence-electron chi connectivity index (χ4n) is 4.49. The summed E-state index contributed by atoms with van der Waals surface area (Å²) >= 11 is 3.85. The first-order chi connectivity index (χ1) is 14.5. The van der Waals surface area contributed by atoms with Crippen LogP contribution in [0, 0.1) is 0 Å². The van der Waals surface area contributed by atoms with Crippen LogP contribution in [-0.2, 0) is 0 Å². The molecular formula is C22H36Cl4N6OS2. The summed E-state index contributed by atoms with van der Waals surface area (Å²) in [4.78, 5) is 12.1. The van der Waals surface area contributed by atoms with Crippen molar-refractivity contribution in [3.63, 3.8) is 0 Å². The van der Waals surface area contributed by atoms with E-state index < -0.39 is 0 Å². The maximum atomic E-state index is 3.50. The van der Waals surface area contributed by atoms with Gasteiger partial charge in [0.15, 0.2) is 0 Å². The summed E-state index contributed by atoms with van der Waals surface area (Å²) in [5.74, 6) is 0. The molecule has 0 aromatic heterocycles. The SMILES string of the molecule is CN(C)c1cccc2c1N1CCNC1S2.CN(C)c1cccc2c1N1CCNC1S2.Cl.Cl.Cl.Cl.O. The molecule has 2 aromatic rings. The second-order valence-corrected chi connectivity index (χ2v) is 10.5. The average Bonchev–Trinajstić information content (AvgIpc) is 3.47. The summed E-state index contributed by atoms with van der Waals surface area (Å²) in [6, 6.07) is 13.1. The van der Waals surface area contributed by atoms with Crippen molar-refractivity contribution in [1.82, 2.24) is 10.6 Å². The van der Waals surface area contributed by atoms with Crippen molar-refractivity contribution in [3.05, 3.63) is 36.4 Å². The van der Waals surface area contributed by atoms with Gasteiger partial charge in [-0.3, -0.25) is 10.6 Å². The van der Waals surface area contributed by atoms with E-state index in [4.69, 9.17) is 0 Å². The monoisotopic (exact) mass is 604 g/mol. The Morgan fingerprint density at radius 2 is 1.06 bits per heavy atom. The van der Waals surface area contributed by atoms with Crippen LogP contribution in [0.5, 0.6) is 0 Å². The van der Waals surface area contributed by atoms with Crippen LogP contribution in [0.3, 0.4) is 0 Å².